The van der Waals surface area contributed by atoms with Crippen molar-refractivity contribution in [2.24, 2.45) is 11.8 Å². The molecule has 0 saturated heterocycles. The first-order chi connectivity index (χ1) is 14.0. The molecule has 0 aliphatic heterocycles. The Balaban J connectivity index is 1.42. The van der Waals surface area contributed by atoms with Gasteiger partial charge in [-0.15, -0.1) is 0 Å². The normalized spacial score (nSPS) is 21.6. The minimum atomic E-state index is -0.286. The van der Waals surface area contributed by atoms with Crippen LogP contribution in [0.3, 0.4) is 0 Å². The van der Waals surface area contributed by atoms with Crippen molar-refractivity contribution in [2.45, 2.75) is 32.8 Å². The van der Waals surface area contributed by atoms with Gasteiger partial charge in [-0.1, -0.05) is 48.3 Å². The van der Waals surface area contributed by atoms with Gasteiger partial charge in [0.1, 0.15) is 18.2 Å². The fourth-order valence-electron chi connectivity index (χ4n) is 4.88. The van der Waals surface area contributed by atoms with Crippen LogP contribution in [0.4, 0.5) is 4.39 Å². The molecule has 5 rings (SSSR count). The highest BCUT2D eigenvalue weighted by molar-refractivity contribution is 6.39. The van der Waals surface area contributed by atoms with E-state index in [4.69, 9.17) is 27.9 Å². The summed E-state index contributed by atoms with van der Waals surface area (Å²) in [4.78, 5) is 0. The van der Waals surface area contributed by atoms with E-state index in [-0.39, 0.29) is 12.4 Å². The number of rotatable bonds is 4. The highest BCUT2D eigenvalue weighted by Crippen LogP contribution is 2.61. The zero-order valence-corrected chi connectivity index (χ0v) is 17.8. The number of ether oxygens (including phenoxy) is 1. The van der Waals surface area contributed by atoms with Crippen LogP contribution in [0.5, 0.6) is 5.75 Å². The maximum absolute atomic E-state index is 14.6. The maximum atomic E-state index is 14.6. The summed E-state index contributed by atoms with van der Waals surface area (Å²) in [6.07, 6.45) is 1.13. The minimum absolute atomic E-state index is 0.162. The molecule has 0 spiro atoms. The molecule has 2 aliphatic rings. The molecule has 0 radical (unpaired) electrons. The van der Waals surface area contributed by atoms with Crippen molar-refractivity contribution in [1.29, 1.82) is 0 Å². The number of halogens is 3. The Morgan fingerprint density at radius 2 is 1.83 bits per heavy atom. The second-order valence-electron chi connectivity index (χ2n) is 8.20. The summed E-state index contributed by atoms with van der Waals surface area (Å²) < 4.78 is 20.6. The van der Waals surface area contributed by atoms with Gasteiger partial charge in [-0.05, 0) is 83.7 Å². The first-order valence-corrected chi connectivity index (χ1v) is 10.7. The third-order valence-corrected chi connectivity index (χ3v) is 7.28. The summed E-state index contributed by atoms with van der Waals surface area (Å²) in [6, 6.07) is 14.9. The van der Waals surface area contributed by atoms with E-state index < -0.39 is 0 Å². The summed E-state index contributed by atoms with van der Waals surface area (Å²) in [6.45, 7) is 4.37. The van der Waals surface area contributed by atoms with E-state index in [1.54, 1.807) is 24.3 Å². The lowest BCUT2D eigenvalue weighted by Gasteiger charge is -2.16. The van der Waals surface area contributed by atoms with Crippen molar-refractivity contribution < 1.29 is 9.13 Å². The first-order valence-electron chi connectivity index (χ1n) is 9.93. The number of hydrogen-bond donors (Lipinski definition) is 0. The molecular weight excluding hydrogens is 406 g/mol. The van der Waals surface area contributed by atoms with Crippen LogP contribution in [0.2, 0.25) is 10.0 Å². The zero-order chi connectivity index (χ0) is 20.3. The van der Waals surface area contributed by atoms with E-state index in [0.29, 0.717) is 15.6 Å². The molecule has 1 nitrogen and oxygen atoms in total. The second-order valence-corrected chi connectivity index (χ2v) is 9.01. The quantitative estimate of drug-likeness (QED) is 0.417. The summed E-state index contributed by atoms with van der Waals surface area (Å²) in [5, 5.41) is 1.09. The molecular formula is C25H21Cl2FO. The molecule has 4 heteroatoms. The lowest BCUT2D eigenvalue weighted by molar-refractivity contribution is 0.298. The first kappa shape index (κ1) is 19.0. The Morgan fingerprint density at radius 3 is 2.59 bits per heavy atom. The summed E-state index contributed by atoms with van der Waals surface area (Å²) >= 11 is 12.7. The van der Waals surface area contributed by atoms with Crippen LogP contribution in [-0.2, 0) is 13.0 Å². The Labute approximate surface area is 180 Å². The van der Waals surface area contributed by atoms with Crippen molar-refractivity contribution in [3.8, 4) is 16.9 Å². The van der Waals surface area contributed by atoms with E-state index in [1.165, 1.54) is 17.2 Å². The monoisotopic (exact) mass is 426 g/mol. The molecule has 1 saturated carbocycles. The molecule has 2 aliphatic carbocycles. The van der Waals surface area contributed by atoms with Crippen molar-refractivity contribution in [3.05, 3.63) is 86.6 Å². The number of benzene rings is 3. The lowest BCUT2D eigenvalue weighted by Crippen LogP contribution is -2.04. The molecule has 0 heterocycles. The summed E-state index contributed by atoms with van der Waals surface area (Å²) in [5.74, 6) is 2.85. The molecule has 29 heavy (non-hydrogen) atoms. The van der Waals surface area contributed by atoms with Crippen LogP contribution in [0.1, 0.15) is 35.1 Å². The predicted molar refractivity (Wildman–Crippen MR) is 116 cm³/mol. The van der Waals surface area contributed by atoms with Gasteiger partial charge in [0.15, 0.2) is 0 Å². The molecule has 0 unspecified atom stereocenters. The molecule has 3 aromatic carbocycles. The average molecular weight is 427 g/mol. The van der Waals surface area contributed by atoms with Crippen molar-refractivity contribution in [3.63, 3.8) is 0 Å². The van der Waals surface area contributed by atoms with Gasteiger partial charge in [-0.2, -0.15) is 0 Å². The Hall–Kier alpha value is -2.03. The Morgan fingerprint density at radius 1 is 1.07 bits per heavy atom. The third kappa shape index (κ3) is 3.14. The molecule has 0 N–H and O–H groups in total. The third-order valence-electron chi connectivity index (χ3n) is 6.65. The molecule has 3 aromatic rings. The number of hydrogen-bond acceptors (Lipinski definition) is 1. The summed E-state index contributed by atoms with van der Waals surface area (Å²) in [5.41, 5.74) is 5.70. The molecule has 3 atom stereocenters. The highest BCUT2D eigenvalue weighted by Gasteiger charge is 2.52. The average Bonchev–Trinajstić information content (AvgIpc) is 3.15. The van der Waals surface area contributed by atoms with Gasteiger partial charge in [0.2, 0.25) is 0 Å². The van der Waals surface area contributed by atoms with Gasteiger partial charge in [0, 0.05) is 21.2 Å². The van der Waals surface area contributed by atoms with Gasteiger partial charge < -0.3 is 4.74 Å². The number of fused-ring (bicyclic) bond motifs is 3. The van der Waals surface area contributed by atoms with E-state index in [2.05, 4.69) is 19.1 Å². The van der Waals surface area contributed by atoms with Gasteiger partial charge >= 0.3 is 0 Å². The summed E-state index contributed by atoms with van der Waals surface area (Å²) in [7, 11) is 0. The van der Waals surface area contributed by atoms with Crippen LogP contribution >= 0.6 is 23.2 Å². The van der Waals surface area contributed by atoms with Crippen molar-refractivity contribution in [2.75, 3.05) is 0 Å². The van der Waals surface area contributed by atoms with Crippen LogP contribution < -0.4 is 4.74 Å². The van der Waals surface area contributed by atoms with Gasteiger partial charge in [0.25, 0.3) is 0 Å². The van der Waals surface area contributed by atoms with Gasteiger partial charge in [-0.3, -0.25) is 0 Å². The van der Waals surface area contributed by atoms with Gasteiger partial charge in [0.05, 0.1) is 0 Å². The second kappa shape index (κ2) is 7.04. The van der Waals surface area contributed by atoms with E-state index >= 15 is 0 Å². The Bertz CT molecular complexity index is 1100. The molecule has 1 fully saturated rings. The zero-order valence-electron chi connectivity index (χ0n) is 16.3. The van der Waals surface area contributed by atoms with Crippen LogP contribution in [0.15, 0.2) is 48.5 Å². The topological polar surface area (TPSA) is 9.23 Å². The lowest BCUT2D eigenvalue weighted by atomic mass is 9.96. The van der Waals surface area contributed by atoms with Crippen LogP contribution in [-0.4, -0.2) is 0 Å². The molecule has 148 valence electrons. The molecule has 0 amide bonds. The SMILES string of the molecule is Cc1c(-c2c(Cl)cccc2Cl)ccc(F)c1COc1ccc2c(c1)C[C@H]1[C@H](C)[C@@H]21. The van der Waals surface area contributed by atoms with Gasteiger partial charge in [-0.25, -0.2) is 4.39 Å². The van der Waals surface area contributed by atoms with Crippen LogP contribution in [0.25, 0.3) is 11.1 Å². The van der Waals surface area contributed by atoms with Crippen molar-refractivity contribution >= 4 is 23.2 Å². The van der Waals surface area contributed by atoms with Crippen molar-refractivity contribution in [1.82, 2.24) is 0 Å². The smallest absolute Gasteiger partial charge is 0.130 e. The fourth-order valence-corrected chi connectivity index (χ4v) is 5.48. The van der Waals surface area contributed by atoms with E-state index in [0.717, 1.165) is 46.6 Å². The van der Waals surface area contributed by atoms with E-state index in [1.807, 2.05) is 13.0 Å². The standard InChI is InChI=1S/C25H21Cl2FO/c1-13-17(25-21(26)4-3-5-22(25)27)8-9-23(28)20(13)12-29-16-6-7-18-15(10-16)11-19-14(2)24(18)19/h3-10,14,19,24H,11-12H2,1-2H3/t14-,19-,24-/m0/s1. The maximum Gasteiger partial charge on any atom is 0.130 e. The molecule has 0 bridgehead atoms. The fraction of sp³-hybridized carbons (Fsp3) is 0.280. The molecule has 0 aromatic heterocycles. The minimum Gasteiger partial charge on any atom is -0.489 e. The predicted octanol–water partition coefficient (Wildman–Crippen LogP) is 7.59. The van der Waals surface area contributed by atoms with E-state index in [9.17, 15) is 4.39 Å². The highest BCUT2D eigenvalue weighted by atomic mass is 35.5. The Kier molecular flexibility index (Phi) is 4.60. The largest absolute Gasteiger partial charge is 0.489 e. The van der Waals surface area contributed by atoms with Crippen LogP contribution in [0, 0.1) is 24.6 Å².